The highest BCUT2D eigenvalue weighted by molar-refractivity contribution is 6.04. The maximum Gasteiger partial charge on any atom is 0.409 e. The van der Waals surface area contributed by atoms with E-state index in [1.54, 1.807) is 53.1 Å². The van der Waals surface area contributed by atoms with Crippen LogP contribution in [0.15, 0.2) is 48.5 Å². The van der Waals surface area contributed by atoms with Crippen LogP contribution in [-0.4, -0.2) is 73.6 Å². The third-order valence-corrected chi connectivity index (χ3v) is 6.57. The number of nitrogens with one attached hydrogen (secondary N) is 1. The Hall–Kier alpha value is -3.62. The van der Waals surface area contributed by atoms with E-state index in [1.165, 1.54) is 6.07 Å². The third-order valence-electron chi connectivity index (χ3n) is 6.57. The van der Waals surface area contributed by atoms with E-state index in [0.717, 1.165) is 0 Å². The second kappa shape index (κ2) is 11.2. The van der Waals surface area contributed by atoms with Gasteiger partial charge in [-0.25, -0.2) is 9.18 Å². The van der Waals surface area contributed by atoms with Gasteiger partial charge >= 0.3 is 6.09 Å². The van der Waals surface area contributed by atoms with E-state index in [2.05, 4.69) is 5.32 Å². The summed E-state index contributed by atoms with van der Waals surface area (Å²) in [5.74, 6) is -0.787. The lowest BCUT2D eigenvalue weighted by Gasteiger charge is -2.34. The first-order chi connectivity index (χ1) is 17.0. The molecule has 0 spiro atoms. The predicted octanol–water partition coefficient (Wildman–Crippen LogP) is 3.60. The van der Waals surface area contributed by atoms with Crippen molar-refractivity contribution in [3.05, 3.63) is 59.9 Å². The molecule has 0 unspecified atom stereocenters. The van der Waals surface area contributed by atoms with Crippen molar-refractivity contribution in [3.8, 4) is 0 Å². The number of halogens is 1. The van der Waals surface area contributed by atoms with Crippen LogP contribution in [0.25, 0.3) is 0 Å². The van der Waals surface area contributed by atoms with E-state index in [1.807, 2.05) is 11.0 Å². The molecule has 4 rings (SSSR count). The minimum Gasteiger partial charge on any atom is -0.450 e. The lowest BCUT2D eigenvalue weighted by molar-refractivity contribution is -0.120. The van der Waals surface area contributed by atoms with Crippen LogP contribution < -0.4 is 10.2 Å². The molecule has 2 aliphatic rings. The fourth-order valence-corrected chi connectivity index (χ4v) is 4.58. The van der Waals surface area contributed by atoms with Gasteiger partial charge in [-0.05, 0) is 44.0 Å². The number of piperazine rings is 1. The summed E-state index contributed by atoms with van der Waals surface area (Å²) >= 11 is 0. The van der Waals surface area contributed by atoms with Gasteiger partial charge in [0.25, 0.3) is 5.91 Å². The predicted molar refractivity (Wildman–Crippen MR) is 131 cm³/mol. The second-order valence-corrected chi connectivity index (χ2v) is 8.73. The summed E-state index contributed by atoms with van der Waals surface area (Å²) in [4.78, 5) is 43.4. The number of hydrogen-bond donors (Lipinski definition) is 1. The standard InChI is InChI=1S/C26H31FN4O4/c1-2-35-26(34)31-17-15-30(16-18-31)25(33)20-7-3-5-9-22(20)28-24(32)19-11-13-29(14-12-19)23-10-6-4-8-21(23)27/h3-10,19H,2,11-18H2,1H3,(H,28,32). The average Bonchev–Trinajstić information content (AvgIpc) is 2.89. The van der Waals surface area contributed by atoms with Crippen molar-refractivity contribution >= 4 is 29.3 Å². The first-order valence-electron chi connectivity index (χ1n) is 12.1. The van der Waals surface area contributed by atoms with Crippen molar-refractivity contribution in [2.45, 2.75) is 19.8 Å². The summed E-state index contributed by atoms with van der Waals surface area (Å²) < 4.78 is 19.1. The van der Waals surface area contributed by atoms with Crippen molar-refractivity contribution in [1.29, 1.82) is 0 Å². The van der Waals surface area contributed by atoms with Crippen LogP contribution in [-0.2, 0) is 9.53 Å². The second-order valence-electron chi connectivity index (χ2n) is 8.73. The third kappa shape index (κ3) is 5.72. The van der Waals surface area contributed by atoms with Crippen LogP contribution in [0.3, 0.4) is 0 Å². The van der Waals surface area contributed by atoms with Crippen LogP contribution >= 0.6 is 0 Å². The number of carbonyl (C=O) groups excluding carboxylic acids is 3. The molecule has 0 atom stereocenters. The van der Waals surface area contributed by atoms with Gasteiger partial charge in [-0.1, -0.05) is 24.3 Å². The molecule has 2 saturated heterocycles. The Bertz CT molecular complexity index is 1060. The van der Waals surface area contributed by atoms with E-state index in [9.17, 15) is 18.8 Å². The lowest BCUT2D eigenvalue weighted by Crippen LogP contribution is -2.50. The highest BCUT2D eigenvalue weighted by Gasteiger charge is 2.29. The largest absolute Gasteiger partial charge is 0.450 e. The summed E-state index contributed by atoms with van der Waals surface area (Å²) in [7, 11) is 0. The maximum absolute atomic E-state index is 14.1. The monoisotopic (exact) mass is 482 g/mol. The van der Waals surface area contributed by atoms with Gasteiger partial charge in [-0.2, -0.15) is 0 Å². The van der Waals surface area contributed by atoms with Gasteiger partial charge in [0.05, 0.1) is 23.5 Å². The van der Waals surface area contributed by atoms with E-state index >= 15 is 0 Å². The fourth-order valence-electron chi connectivity index (χ4n) is 4.58. The molecule has 9 heteroatoms. The highest BCUT2D eigenvalue weighted by atomic mass is 19.1. The van der Waals surface area contributed by atoms with Gasteiger partial charge in [0.2, 0.25) is 5.91 Å². The Morgan fingerprint density at radius 3 is 2.23 bits per heavy atom. The SMILES string of the molecule is CCOC(=O)N1CCN(C(=O)c2ccccc2NC(=O)C2CCN(c3ccccc3F)CC2)CC1. The van der Waals surface area contributed by atoms with Gasteiger partial charge in [-0.15, -0.1) is 0 Å². The highest BCUT2D eigenvalue weighted by Crippen LogP contribution is 2.27. The Kier molecular flexibility index (Phi) is 7.84. The molecule has 3 amide bonds. The average molecular weight is 483 g/mol. The van der Waals surface area contributed by atoms with Gasteiger partial charge < -0.3 is 24.8 Å². The number of para-hydroxylation sites is 2. The van der Waals surface area contributed by atoms with E-state index < -0.39 is 0 Å². The molecular weight excluding hydrogens is 451 g/mol. The minimum atomic E-state index is -0.367. The Morgan fingerprint density at radius 1 is 0.914 bits per heavy atom. The summed E-state index contributed by atoms with van der Waals surface area (Å²) in [6.45, 7) is 4.85. The number of hydrogen-bond acceptors (Lipinski definition) is 5. The molecular formula is C26H31FN4O4. The quantitative estimate of drug-likeness (QED) is 0.704. The minimum absolute atomic E-state index is 0.134. The Labute approximate surface area is 204 Å². The van der Waals surface area contributed by atoms with Crippen LogP contribution in [0.2, 0.25) is 0 Å². The van der Waals surface area contributed by atoms with Gasteiger partial charge in [-0.3, -0.25) is 9.59 Å². The molecule has 8 nitrogen and oxygen atoms in total. The van der Waals surface area contributed by atoms with E-state index in [0.29, 0.717) is 75.7 Å². The summed E-state index contributed by atoms with van der Waals surface area (Å²) in [6.07, 6.45) is 0.839. The smallest absolute Gasteiger partial charge is 0.409 e. The molecule has 0 radical (unpaired) electrons. The topological polar surface area (TPSA) is 82.2 Å². The number of carbonyl (C=O) groups is 3. The number of nitrogens with zero attached hydrogens (tertiary/aromatic N) is 3. The van der Waals surface area contributed by atoms with Crippen molar-refractivity contribution < 1.29 is 23.5 Å². The van der Waals surface area contributed by atoms with Gasteiger partial charge in [0.1, 0.15) is 5.82 Å². The number of rotatable bonds is 5. The molecule has 0 saturated carbocycles. The molecule has 186 valence electrons. The molecule has 1 N–H and O–H groups in total. The van der Waals surface area contributed by atoms with Crippen molar-refractivity contribution in [2.75, 3.05) is 56.1 Å². The number of ether oxygens (including phenoxy) is 1. The molecule has 2 aliphatic heterocycles. The summed E-state index contributed by atoms with van der Waals surface area (Å²) in [6, 6.07) is 13.7. The van der Waals surface area contributed by atoms with Crippen LogP contribution in [0.5, 0.6) is 0 Å². The Balaban J connectivity index is 1.35. The lowest BCUT2D eigenvalue weighted by atomic mass is 9.95. The van der Waals surface area contributed by atoms with Crippen LogP contribution in [0.4, 0.5) is 20.6 Å². The van der Waals surface area contributed by atoms with Crippen LogP contribution in [0, 0.1) is 11.7 Å². The van der Waals surface area contributed by atoms with Crippen molar-refractivity contribution in [3.63, 3.8) is 0 Å². The number of amides is 3. The maximum atomic E-state index is 14.1. The zero-order valence-electron chi connectivity index (χ0n) is 19.9. The first-order valence-corrected chi connectivity index (χ1v) is 12.1. The van der Waals surface area contributed by atoms with Crippen LogP contribution in [0.1, 0.15) is 30.1 Å². The molecule has 2 aromatic carbocycles. The summed E-state index contributed by atoms with van der Waals surface area (Å²) in [5.41, 5.74) is 1.46. The molecule has 2 aromatic rings. The van der Waals surface area contributed by atoms with Gasteiger partial charge in [0.15, 0.2) is 0 Å². The Morgan fingerprint density at radius 2 is 1.54 bits per heavy atom. The number of benzene rings is 2. The summed E-state index contributed by atoms with van der Waals surface area (Å²) in [5, 5.41) is 2.95. The van der Waals surface area contributed by atoms with Gasteiger partial charge in [0, 0.05) is 45.2 Å². The molecule has 2 fully saturated rings. The molecule has 35 heavy (non-hydrogen) atoms. The molecule has 0 aromatic heterocycles. The number of piperidine rings is 1. The first kappa shape index (κ1) is 24.5. The normalized spacial score (nSPS) is 16.7. The van der Waals surface area contributed by atoms with Crippen molar-refractivity contribution in [2.24, 2.45) is 5.92 Å². The molecule has 0 aliphatic carbocycles. The fraction of sp³-hybridized carbons (Fsp3) is 0.423. The molecule has 2 heterocycles. The number of anilines is 2. The molecule has 0 bridgehead atoms. The zero-order chi connectivity index (χ0) is 24.8. The van der Waals surface area contributed by atoms with Crippen molar-refractivity contribution in [1.82, 2.24) is 9.80 Å². The van der Waals surface area contributed by atoms with E-state index in [4.69, 9.17) is 4.74 Å². The van der Waals surface area contributed by atoms with E-state index in [-0.39, 0.29) is 29.6 Å². The zero-order valence-corrected chi connectivity index (χ0v) is 19.9.